The third-order valence-electron chi connectivity index (χ3n) is 19.7. The zero-order chi connectivity index (χ0) is 68.1. The molecule has 0 spiro atoms. The molecule has 470 valence electrons. The highest BCUT2D eigenvalue weighted by molar-refractivity contribution is 8.02. The number of hydrogen-bond acceptors (Lipinski definition) is 15. The molecule has 3 aromatic heterocycles. The van der Waals surface area contributed by atoms with E-state index < -0.39 is 90.7 Å². The van der Waals surface area contributed by atoms with E-state index in [-0.39, 0.29) is 101 Å². The van der Waals surface area contributed by atoms with Crippen molar-refractivity contribution in [2.24, 2.45) is 5.92 Å². The molecule has 0 aliphatic carbocycles. The number of imidazole rings is 3. The lowest BCUT2D eigenvalue weighted by Gasteiger charge is -2.36. The number of alkyl halides is 2. The lowest BCUT2D eigenvalue weighted by atomic mass is 8.57. The fourth-order valence-corrected chi connectivity index (χ4v) is 14.6. The zero-order valence-corrected chi connectivity index (χ0v) is 54.0. The summed E-state index contributed by atoms with van der Waals surface area (Å²) in [5.41, 5.74) is 0. The number of nitro groups is 3. The quantitative estimate of drug-likeness (QED) is 0.0260. The zero-order valence-electron chi connectivity index (χ0n) is 54.0. The van der Waals surface area contributed by atoms with Crippen LogP contribution in [0.25, 0.3) is 0 Å². The van der Waals surface area contributed by atoms with Crippen molar-refractivity contribution in [2.75, 3.05) is 91.8 Å². The molecule has 6 saturated heterocycles. The molecule has 6 aliphatic heterocycles. The van der Waals surface area contributed by atoms with Crippen LogP contribution in [0.5, 0.6) is 0 Å². The second kappa shape index (κ2) is 41.5. The fourth-order valence-electron chi connectivity index (χ4n) is 14.6. The first-order valence-electron chi connectivity index (χ1n) is 32.4. The van der Waals surface area contributed by atoms with E-state index in [1.807, 2.05) is 4.90 Å². The molecule has 0 amide bonds. The average Bonchev–Trinajstić information content (AvgIpc) is 1.65. The predicted octanol–water partition coefficient (Wildman–Crippen LogP) is -5.83. The Morgan fingerprint density at radius 3 is 1.21 bits per heavy atom. The van der Waals surface area contributed by atoms with E-state index in [9.17, 15) is 44.2 Å². The SMILES string of the molecule is C.C.[19FH].[19FH].[B]B([B])B([B])B(B([B])[B])B1CC1CC1CCN(CC(O)Cn2ccnc2[N+](=O)[O-])CC1.[B]B([B])B([B])B(B([B])[B])B1CC1CN1CCCN(CC([18F])Cn2ccnc2[N+](=O)[O-])C1.[B]B([B])B([B])B(B([B])[B])B1CC1CN1CCN(CC([18F])Cn2ccnc2[N+](=O)[O-])CC1. The Bertz CT molecular complexity index is 2690. The molecule has 6 fully saturated rings. The first kappa shape index (κ1) is 88.5. The molecule has 6 aliphatic rings. The van der Waals surface area contributed by atoms with Gasteiger partial charge in [-0.05, 0) is 66.1 Å². The van der Waals surface area contributed by atoms with E-state index in [4.69, 9.17) is 116 Å². The predicted molar refractivity (Wildman–Crippen MR) is 418 cm³/mol. The van der Waals surface area contributed by atoms with Crippen LogP contribution in [-0.4, -0.2) is 396 Å². The van der Waals surface area contributed by atoms with Crippen LogP contribution < -0.4 is 0 Å². The molecule has 6 atom stereocenters. The lowest BCUT2D eigenvalue weighted by molar-refractivity contribution is -0.397. The Morgan fingerprint density at radius 2 is 0.814 bits per heavy atom. The minimum atomic E-state index is -1.23. The largest absolute Gasteiger partial charge is 0.434 e. The Kier molecular flexibility index (Phi) is 37.9. The number of rotatable bonds is 33. The minimum Gasteiger partial charge on any atom is -0.390 e. The summed E-state index contributed by atoms with van der Waals surface area (Å²) < 4.78 is 33.0. The Morgan fingerprint density at radius 1 is 0.474 bits per heavy atom. The maximum absolute atomic E-state index is 14.6. The molecule has 21 nitrogen and oxygen atoms in total. The third kappa shape index (κ3) is 26.5. The third-order valence-corrected chi connectivity index (χ3v) is 19.7. The molecular formula is C42H72B30F4N14O7. The number of nitrogens with zero attached hydrogens (tertiary/aromatic N) is 14. The lowest BCUT2D eigenvalue weighted by Crippen LogP contribution is -2.63. The van der Waals surface area contributed by atoms with Crippen LogP contribution in [-0.2, 0) is 19.6 Å². The Labute approximate surface area is 598 Å². The maximum Gasteiger partial charge on any atom is 0.434 e. The Balaban J connectivity index is 0.000000371. The van der Waals surface area contributed by atoms with Crippen molar-refractivity contribution in [2.45, 2.75) is 115 Å². The van der Waals surface area contributed by atoms with E-state index in [1.54, 1.807) is 0 Å². The molecule has 0 aromatic carbocycles. The van der Waals surface area contributed by atoms with Crippen LogP contribution in [0.2, 0.25) is 36.4 Å². The van der Waals surface area contributed by atoms with E-state index in [2.05, 4.69) is 34.6 Å². The number of aliphatic hydroxyl groups is 1. The number of β-amino-alcohol motifs (C(OH)–C–C–N with tert-alkyl or cyclic N) is 1. The van der Waals surface area contributed by atoms with Crippen molar-refractivity contribution in [1.82, 2.24) is 53.2 Å². The van der Waals surface area contributed by atoms with Crippen molar-refractivity contribution >= 4 is 230 Å². The van der Waals surface area contributed by atoms with Crippen molar-refractivity contribution in [3.63, 3.8) is 0 Å². The van der Waals surface area contributed by atoms with Gasteiger partial charge in [0.15, 0.2) is 0 Å². The summed E-state index contributed by atoms with van der Waals surface area (Å²) >= 11 is 0. The Hall–Kier alpha value is -2.74. The van der Waals surface area contributed by atoms with Gasteiger partial charge >= 0.3 is 17.8 Å². The van der Waals surface area contributed by atoms with Gasteiger partial charge in [-0.25, -0.2) is 22.5 Å². The van der Waals surface area contributed by atoms with E-state index >= 15 is 0 Å². The highest BCUT2D eigenvalue weighted by Gasteiger charge is 2.53. The van der Waals surface area contributed by atoms with Crippen LogP contribution in [0.15, 0.2) is 37.2 Å². The van der Waals surface area contributed by atoms with Gasteiger partial charge in [0.1, 0.15) is 62.6 Å². The number of likely N-dealkylation sites (tertiary alicyclic amines) is 1. The van der Waals surface area contributed by atoms with Gasteiger partial charge in [-0.3, -0.25) is 24.1 Å². The summed E-state index contributed by atoms with van der Waals surface area (Å²) in [4.78, 5) is 53.0. The second-order valence-electron chi connectivity index (χ2n) is 26.9. The molecule has 3 aromatic rings. The second-order valence-corrected chi connectivity index (χ2v) is 26.9. The van der Waals surface area contributed by atoms with Crippen LogP contribution >= 0.6 is 0 Å². The highest BCUT2D eigenvalue weighted by atomic mass is 19.0. The standard InChI is InChI=1S/C14H22B10N4O3.2C13H20B10FN5O2.2CH4.2FH/c15-21(16)23(19)24(22(17)18)20-8-12(20)7-11-1-4-26(5-2-11)9-13(29)10-27-6-3-25-14(27)28(30)31;14-20(15)22(18)23(21(16)17)19-6-11(19)7-26-3-1-4-27(10-26)8-12(24)9-28-5-2-25-13(28)29(30)31;14-20(15)22(18)23(21(16)17)19-7-11(19)8-26-3-5-27(6-4-26)9-12(24)10-28-2-1-25-13(28)29(30)31;;;;/h3,6,11-13,29H,1-2,4-5,7-10H2;2,5,11-12H,1,3-4,6-10H2;1-2,11-12H,3-10H2;2*1H4;2*1H/i;2*24-1;;;2*1+0. The molecule has 9 heterocycles. The van der Waals surface area contributed by atoms with Gasteiger partial charge in [0.2, 0.25) is 0 Å². The van der Waals surface area contributed by atoms with Gasteiger partial charge in [-0.2, -0.15) is 0 Å². The number of piperazine rings is 1. The summed E-state index contributed by atoms with van der Waals surface area (Å²) in [7, 11) is 88.7. The number of halogens is 4. The molecular weight excluding hydrogens is 1210 g/mol. The van der Waals surface area contributed by atoms with Crippen LogP contribution in [0.1, 0.15) is 40.5 Å². The van der Waals surface area contributed by atoms with Gasteiger partial charge in [0.25, 0.3) is 0 Å². The number of hydrogen-bond donors (Lipinski definition) is 1. The topological polar surface area (TPSA) is 219 Å². The van der Waals surface area contributed by atoms with Crippen molar-refractivity contribution in [3.05, 3.63) is 67.5 Å². The minimum absolute atomic E-state index is 0. The molecule has 0 bridgehead atoms. The average molecular weight is 1280 g/mol. The molecule has 9 rings (SSSR count). The van der Waals surface area contributed by atoms with E-state index in [0.29, 0.717) is 49.8 Å². The van der Waals surface area contributed by atoms with Gasteiger partial charge < -0.3 is 45.2 Å². The number of piperidine rings is 1. The summed E-state index contributed by atoms with van der Waals surface area (Å²) in [5.74, 6) is 1.14. The number of aliphatic hydroxyl groups excluding tert-OH is 1. The molecule has 6 unspecified atom stereocenters. The van der Waals surface area contributed by atoms with Gasteiger partial charge in [-0.1, -0.05) is 72.6 Å². The highest BCUT2D eigenvalue weighted by Crippen LogP contribution is 2.46. The fraction of sp³-hybridized carbons (Fsp3) is 0.786. The van der Waals surface area contributed by atoms with Gasteiger partial charge in [0, 0.05) is 252 Å². The molecule has 0 saturated carbocycles. The molecule has 55 heteroatoms. The summed E-state index contributed by atoms with van der Waals surface area (Å²) in [6.07, 6.45) is 7.29. The normalized spacial score (nSPS) is 19.5. The van der Waals surface area contributed by atoms with Crippen molar-refractivity contribution in [1.29, 1.82) is 0 Å². The first-order valence-corrected chi connectivity index (χ1v) is 32.4. The van der Waals surface area contributed by atoms with Crippen LogP contribution in [0.3, 0.4) is 0 Å². The monoisotopic (exact) mass is 1290 g/mol. The summed E-state index contributed by atoms with van der Waals surface area (Å²) in [6.45, 7) is 11.1. The molecule has 97 heavy (non-hydrogen) atoms. The van der Waals surface area contributed by atoms with Crippen LogP contribution in [0.4, 0.5) is 36.0 Å². The smallest absolute Gasteiger partial charge is 0.390 e. The van der Waals surface area contributed by atoms with Crippen LogP contribution in [0, 0.1) is 36.3 Å². The van der Waals surface area contributed by atoms with E-state index in [1.165, 1.54) is 50.9 Å². The molecule has 30 radical (unpaired) electrons. The molecule has 1 N–H and O–H groups in total. The summed E-state index contributed by atoms with van der Waals surface area (Å²) in [5, 5.41) is 43.2. The first-order chi connectivity index (χ1) is 44.0. The van der Waals surface area contributed by atoms with Gasteiger partial charge in [-0.15, -0.1) is 0 Å². The van der Waals surface area contributed by atoms with Crippen molar-refractivity contribution < 1.29 is 38.1 Å². The number of aromatic nitrogens is 6. The van der Waals surface area contributed by atoms with Gasteiger partial charge in [0.05, 0.1) is 39.1 Å². The maximum atomic E-state index is 14.6. The van der Waals surface area contributed by atoms with E-state index in [0.717, 1.165) is 110 Å². The summed E-state index contributed by atoms with van der Waals surface area (Å²) in [6, 6.07) is 0. The van der Waals surface area contributed by atoms with Crippen molar-refractivity contribution in [3.8, 4) is 0 Å².